The number of carbonyl (C=O) groups is 1. The molecule has 0 radical (unpaired) electrons. The molecule has 192 valence electrons. The van der Waals surface area contributed by atoms with Crippen LogP contribution in [0.2, 0.25) is 0 Å². The topological polar surface area (TPSA) is 65.8 Å². The summed E-state index contributed by atoms with van der Waals surface area (Å²) < 4.78 is 32.2. The predicted molar refractivity (Wildman–Crippen MR) is 139 cm³/mol. The molecule has 1 amide bonds. The van der Waals surface area contributed by atoms with Crippen molar-refractivity contribution in [1.29, 1.82) is 0 Å². The fourth-order valence-corrected chi connectivity index (χ4v) is 3.97. The van der Waals surface area contributed by atoms with Crippen LogP contribution in [-0.2, 0) is 17.7 Å². The normalized spacial score (nSPS) is 10.8. The van der Waals surface area contributed by atoms with Crippen molar-refractivity contribution in [2.24, 2.45) is 0 Å². The fourth-order valence-electron chi connectivity index (χ4n) is 3.97. The molecule has 4 rings (SSSR count). The summed E-state index contributed by atoms with van der Waals surface area (Å²) in [5, 5.41) is 4.83. The minimum atomic E-state index is -0.354. The SMILES string of the molecule is CCc1nn(-c2ccccc2)c(Oc2ccc(F)cc2)c1CN(CCOC)C(=O)c1cccc(OC)c1. The molecule has 0 N–H and O–H groups in total. The molecule has 37 heavy (non-hydrogen) atoms. The minimum Gasteiger partial charge on any atom is -0.497 e. The van der Waals surface area contributed by atoms with E-state index < -0.39 is 0 Å². The number of amides is 1. The maximum absolute atomic E-state index is 13.6. The lowest BCUT2D eigenvalue weighted by molar-refractivity contribution is 0.0678. The molecule has 0 aliphatic rings. The molecular formula is C29H30FN3O4. The van der Waals surface area contributed by atoms with Crippen LogP contribution >= 0.6 is 0 Å². The number of hydrogen-bond donors (Lipinski definition) is 0. The molecule has 0 aliphatic carbocycles. The zero-order valence-corrected chi connectivity index (χ0v) is 21.2. The van der Waals surface area contributed by atoms with Gasteiger partial charge in [0.25, 0.3) is 5.91 Å². The van der Waals surface area contributed by atoms with Crippen molar-refractivity contribution < 1.29 is 23.4 Å². The predicted octanol–water partition coefficient (Wildman–Crippen LogP) is 5.66. The first kappa shape index (κ1) is 25.9. The van der Waals surface area contributed by atoms with Gasteiger partial charge in [-0.3, -0.25) is 4.79 Å². The average molecular weight is 504 g/mol. The van der Waals surface area contributed by atoms with Gasteiger partial charge in [0.1, 0.15) is 17.3 Å². The highest BCUT2D eigenvalue weighted by molar-refractivity contribution is 5.94. The van der Waals surface area contributed by atoms with Crippen LogP contribution in [0, 0.1) is 5.82 Å². The average Bonchev–Trinajstić information content (AvgIpc) is 3.28. The minimum absolute atomic E-state index is 0.168. The molecule has 0 aliphatic heterocycles. The molecule has 0 saturated heterocycles. The maximum atomic E-state index is 13.6. The summed E-state index contributed by atoms with van der Waals surface area (Å²) in [5.74, 6) is 1.01. The van der Waals surface area contributed by atoms with Gasteiger partial charge in [0.05, 0.1) is 37.2 Å². The third-order valence-electron chi connectivity index (χ3n) is 5.90. The molecule has 1 aromatic heterocycles. The van der Waals surface area contributed by atoms with Gasteiger partial charge in [-0.1, -0.05) is 31.2 Å². The van der Waals surface area contributed by atoms with E-state index in [2.05, 4.69) is 0 Å². The van der Waals surface area contributed by atoms with E-state index in [0.29, 0.717) is 42.5 Å². The van der Waals surface area contributed by atoms with Gasteiger partial charge < -0.3 is 19.1 Å². The zero-order chi connectivity index (χ0) is 26.2. The van der Waals surface area contributed by atoms with Crippen molar-refractivity contribution in [1.82, 2.24) is 14.7 Å². The third-order valence-corrected chi connectivity index (χ3v) is 5.90. The van der Waals surface area contributed by atoms with E-state index in [0.717, 1.165) is 16.9 Å². The van der Waals surface area contributed by atoms with Gasteiger partial charge in [-0.05, 0) is 61.0 Å². The van der Waals surface area contributed by atoms with E-state index >= 15 is 0 Å². The Bertz CT molecular complexity index is 1320. The van der Waals surface area contributed by atoms with Crippen LogP contribution in [0.5, 0.6) is 17.4 Å². The van der Waals surface area contributed by atoms with E-state index in [1.165, 1.54) is 12.1 Å². The van der Waals surface area contributed by atoms with E-state index in [1.54, 1.807) is 60.2 Å². The Balaban J connectivity index is 1.78. The smallest absolute Gasteiger partial charge is 0.254 e. The first-order valence-corrected chi connectivity index (χ1v) is 12.1. The summed E-state index contributed by atoms with van der Waals surface area (Å²) in [6.45, 7) is 2.97. The van der Waals surface area contributed by atoms with E-state index in [4.69, 9.17) is 19.3 Å². The van der Waals surface area contributed by atoms with Gasteiger partial charge in [0.2, 0.25) is 5.88 Å². The van der Waals surface area contributed by atoms with Gasteiger partial charge in [-0.2, -0.15) is 5.10 Å². The lowest BCUT2D eigenvalue weighted by Gasteiger charge is -2.23. The Labute approximate surface area is 216 Å². The molecule has 7 nitrogen and oxygen atoms in total. The number of benzene rings is 3. The maximum Gasteiger partial charge on any atom is 0.254 e. The third kappa shape index (κ3) is 6.16. The zero-order valence-electron chi connectivity index (χ0n) is 21.2. The quantitative estimate of drug-likeness (QED) is 0.264. The van der Waals surface area contributed by atoms with Gasteiger partial charge in [0.15, 0.2) is 0 Å². The molecule has 0 fully saturated rings. The van der Waals surface area contributed by atoms with Crippen LogP contribution in [-0.4, -0.2) is 48.0 Å². The van der Waals surface area contributed by atoms with Gasteiger partial charge >= 0.3 is 0 Å². The largest absolute Gasteiger partial charge is 0.497 e. The van der Waals surface area contributed by atoms with Crippen LogP contribution in [0.1, 0.15) is 28.5 Å². The van der Waals surface area contributed by atoms with E-state index in [-0.39, 0.29) is 18.3 Å². The highest BCUT2D eigenvalue weighted by Gasteiger charge is 2.25. The second-order valence-corrected chi connectivity index (χ2v) is 8.34. The van der Waals surface area contributed by atoms with E-state index in [1.807, 2.05) is 37.3 Å². The number of halogens is 1. The number of ether oxygens (including phenoxy) is 3. The molecule has 0 atom stereocenters. The second-order valence-electron chi connectivity index (χ2n) is 8.34. The number of nitrogens with zero attached hydrogens (tertiary/aromatic N) is 3. The molecule has 4 aromatic rings. The number of hydrogen-bond acceptors (Lipinski definition) is 5. The number of para-hydroxylation sites is 1. The Morgan fingerprint density at radius 2 is 1.73 bits per heavy atom. The standard InChI is InChI=1S/C29H30FN3O4/c1-4-27-26(20-32(17-18-35-2)28(34)21-9-8-12-25(19-21)36-3)29(37-24-15-13-22(30)14-16-24)33(31-27)23-10-6-5-7-11-23/h5-16,19H,4,17-18,20H2,1-3H3. The molecule has 0 unspecified atom stereocenters. The first-order chi connectivity index (χ1) is 18.0. The van der Waals surface area contributed by atoms with Crippen LogP contribution in [0.3, 0.4) is 0 Å². The van der Waals surface area contributed by atoms with Crippen molar-refractivity contribution in [3.63, 3.8) is 0 Å². The monoisotopic (exact) mass is 503 g/mol. The van der Waals surface area contributed by atoms with Gasteiger partial charge in [-0.25, -0.2) is 9.07 Å². The summed E-state index contributed by atoms with van der Waals surface area (Å²) in [6, 6.07) is 22.5. The van der Waals surface area contributed by atoms with Crippen LogP contribution in [0.4, 0.5) is 4.39 Å². The van der Waals surface area contributed by atoms with Gasteiger partial charge in [0, 0.05) is 19.2 Å². The Morgan fingerprint density at radius 1 is 0.973 bits per heavy atom. The van der Waals surface area contributed by atoms with Crippen LogP contribution in [0.15, 0.2) is 78.9 Å². The second kappa shape index (κ2) is 12.2. The van der Waals surface area contributed by atoms with Crippen molar-refractivity contribution >= 4 is 5.91 Å². The lowest BCUT2D eigenvalue weighted by Crippen LogP contribution is -2.33. The molecular weight excluding hydrogens is 473 g/mol. The van der Waals surface area contributed by atoms with Crippen molar-refractivity contribution in [3.8, 4) is 23.1 Å². The summed E-state index contributed by atoms with van der Waals surface area (Å²) in [6.07, 6.45) is 0.625. The van der Waals surface area contributed by atoms with Crippen LogP contribution < -0.4 is 9.47 Å². The number of methoxy groups -OCH3 is 2. The first-order valence-electron chi connectivity index (χ1n) is 12.1. The van der Waals surface area contributed by atoms with E-state index in [9.17, 15) is 9.18 Å². The Hall–Kier alpha value is -4.17. The number of rotatable bonds is 11. The summed E-state index contributed by atoms with van der Waals surface area (Å²) in [5.41, 5.74) is 2.87. The summed E-state index contributed by atoms with van der Waals surface area (Å²) in [7, 11) is 3.17. The van der Waals surface area contributed by atoms with Gasteiger partial charge in [-0.15, -0.1) is 0 Å². The van der Waals surface area contributed by atoms with Crippen molar-refractivity contribution in [2.75, 3.05) is 27.4 Å². The summed E-state index contributed by atoms with van der Waals surface area (Å²) in [4.78, 5) is 15.3. The van der Waals surface area contributed by atoms with Crippen LogP contribution in [0.25, 0.3) is 5.69 Å². The molecule has 3 aromatic carbocycles. The molecule has 8 heteroatoms. The molecule has 0 spiro atoms. The Morgan fingerprint density at radius 3 is 2.41 bits per heavy atom. The summed E-state index contributed by atoms with van der Waals surface area (Å²) >= 11 is 0. The molecule has 1 heterocycles. The number of carbonyl (C=O) groups excluding carboxylic acids is 1. The Kier molecular flexibility index (Phi) is 8.53. The molecule has 0 saturated carbocycles. The number of aromatic nitrogens is 2. The lowest BCUT2D eigenvalue weighted by atomic mass is 10.1. The number of aryl methyl sites for hydroxylation is 1. The highest BCUT2D eigenvalue weighted by atomic mass is 19.1. The highest BCUT2D eigenvalue weighted by Crippen LogP contribution is 2.32. The van der Waals surface area contributed by atoms with Crippen molar-refractivity contribution in [2.45, 2.75) is 19.9 Å². The fraction of sp³-hybridized carbons (Fsp3) is 0.241. The van der Waals surface area contributed by atoms with Crippen molar-refractivity contribution in [3.05, 3.63) is 102 Å². The molecule has 0 bridgehead atoms.